The molecule has 0 bridgehead atoms. The largest absolute Gasteiger partial charge is 0.494 e. The van der Waals surface area contributed by atoms with Gasteiger partial charge in [-0.2, -0.15) is 0 Å². The molecule has 0 fully saturated rings. The van der Waals surface area contributed by atoms with Crippen LogP contribution in [-0.4, -0.2) is 32.1 Å². The lowest BCUT2D eigenvalue weighted by molar-refractivity contribution is 0.0587. The molecule has 0 atom stereocenters. The Bertz CT molecular complexity index is 672. The first kappa shape index (κ1) is 27.7. The second-order valence-electron chi connectivity index (χ2n) is 8.39. The molecule has 0 aromatic heterocycles. The fraction of sp³-hybridized carbons (Fsp3) is 0.500. The minimum Gasteiger partial charge on any atom is -0.494 e. The van der Waals surface area contributed by atoms with Gasteiger partial charge in [-0.3, -0.25) is 0 Å². The average molecular weight is 415 g/mol. The van der Waals surface area contributed by atoms with Crippen molar-refractivity contribution in [3.05, 3.63) is 72.3 Å². The summed E-state index contributed by atoms with van der Waals surface area (Å²) in [6, 6.07) is 0.325. The molecular weight excluding hydrogens is 372 g/mol. The molecule has 0 aromatic rings. The molecule has 0 heterocycles. The number of hydrogen-bond donors (Lipinski definition) is 1. The monoisotopic (exact) mass is 414 g/mol. The first-order valence-electron chi connectivity index (χ1n) is 10.7. The third-order valence-electron chi connectivity index (χ3n) is 3.78. The van der Waals surface area contributed by atoms with E-state index in [1.54, 1.807) is 6.08 Å². The third kappa shape index (κ3) is 13.8. The smallest absolute Gasteiger partial charge is 0.121 e. The molecule has 4 heteroatoms. The van der Waals surface area contributed by atoms with E-state index in [0.717, 1.165) is 30.0 Å². The van der Waals surface area contributed by atoms with Crippen LogP contribution in [0.15, 0.2) is 77.3 Å². The van der Waals surface area contributed by atoms with Crippen LogP contribution in [0.3, 0.4) is 0 Å². The molecule has 0 unspecified atom stereocenters. The molecule has 0 aliphatic carbocycles. The number of allylic oxidation sites excluding steroid dienone is 8. The van der Waals surface area contributed by atoms with Gasteiger partial charge in [-0.1, -0.05) is 52.2 Å². The summed E-state index contributed by atoms with van der Waals surface area (Å²) >= 11 is 0. The highest BCUT2D eigenvalue weighted by molar-refractivity contribution is 5.86. The maximum atomic E-state index is 5.80. The first-order chi connectivity index (χ1) is 14.2. The topological polar surface area (TPSA) is 42.9 Å². The molecule has 0 rings (SSSR count). The molecule has 0 amide bonds. The summed E-state index contributed by atoms with van der Waals surface area (Å²) < 4.78 is 11.5. The maximum Gasteiger partial charge on any atom is 0.121 e. The molecule has 0 aliphatic heterocycles. The molecule has 1 N–H and O–H groups in total. The molecule has 30 heavy (non-hydrogen) atoms. The summed E-state index contributed by atoms with van der Waals surface area (Å²) in [4.78, 5) is 4.55. The SMILES string of the molecule is C=C/C(=C\C=C(/C=C)C(=CC)/C=N\C(=C/C)NC(C)C)OCCCOCC(C)(C)C. The van der Waals surface area contributed by atoms with Crippen LogP contribution in [0.1, 0.15) is 54.9 Å². The number of hydrogen-bond acceptors (Lipinski definition) is 4. The van der Waals surface area contributed by atoms with E-state index in [1.165, 1.54) is 0 Å². The zero-order chi connectivity index (χ0) is 23.0. The van der Waals surface area contributed by atoms with Crippen molar-refractivity contribution in [2.45, 2.75) is 60.9 Å². The molecule has 0 aromatic carbocycles. The number of ether oxygens (including phenoxy) is 2. The van der Waals surface area contributed by atoms with Crippen LogP contribution in [-0.2, 0) is 9.47 Å². The van der Waals surface area contributed by atoms with Crippen molar-refractivity contribution in [1.82, 2.24) is 5.32 Å². The van der Waals surface area contributed by atoms with Crippen LogP contribution in [0.2, 0.25) is 0 Å². The minimum atomic E-state index is 0.186. The Hall–Kier alpha value is -2.33. The minimum absolute atomic E-state index is 0.186. The van der Waals surface area contributed by atoms with Gasteiger partial charge in [-0.05, 0) is 62.5 Å². The predicted octanol–water partition coefficient (Wildman–Crippen LogP) is 6.51. The van der Waals surface area contributed by atoms with Crippen molar-refractivity contribution in [3.63, 3.8) is 0 Å². The average Bonchev–Trinajstić information content (AvgIpc) is 2.68. The third-order valence-corrected chi connectivity index (χ3v) is 3.78. The van der Waals surface area contributed by atoms with E-state index in [1.807, 2.05) is 50.4 Å². The summed E-state index contributed by atoms with van der Waals surface area (Å²) in [6.07, 6.45) is 14.0. The van der Waals surface area contributed by atoms with Crippen molar-refractivity contribution in [2.24, 2.45) is 10.4 Å². The zero-order valence-corrected chi connectivity index (χ0v) is 20.1. The Morgan fingerprint density at radius 1 is 1.00 bits per heavy atom. The Balaban J connectivity index is 4.94. The van der Waals surface area contributed by atoms with Gasteiger partial charge in [-0.25, -0.2) is 4.99 Å². The van der Waals surface area contributed by atoms with Crippen molar-refractivity contribution in [1.29, 1.82) is 0 Å². The lowest BCUT2D eigenvalue weighted by atomic mass is 9.99. The Morgan fingerprint density at radius 3 is 2.20 bits per heavy atom. The molecule has 0 spiro atoms. The quantitative estimate of drug-likeness (QED) is 0.152. The molecule has 0 saturated heterocycles. The Kier molecular flexibility index (Phi) is 14.3. The molecule has 0 radical (unpaired) electrons. The van der Waals surface area contributed by atoms with E-state index in [-0.39, 0.29) is 5.41 Å². The number of aliphatic imine (C=N–C) groups is 1. The van der Waals surface area contributed by atoms with Crippen molar-refractivity contribution in [3.8, 4) is 0 Å². The lowest BCUT2D eigenvalue weighted by Crippen LogP contribution is -2.20. The second-order valence-corrected chi connectivity index (χ2v) is 8.39. The van der Waals surface area contributed by atoms with Gasteiger partial charge in [0.2, 0.25) is 0 Å². The van der Waals surface area contributed by atoms with E-state index in [9.17, 15) is 0 Å². The summed E-state index contributed by atoms with van der Waals surface area (Å²) in [5, 5.41) is 3.31. The van der Waals surface area contributed by atoms with Crippen molar-refractivity contribution in [2.75, 3.05) is 19.8 Å². The van der Waals surface area contributed by atoms with E-state index in [4.69, 9.17) is 9.47 Å². The van der Waals surface area contributed by atoms with Crippen LogP contribution in [0.5, 0.6) is 0 Å². The summed E-state index contributed by atoms with van der Waals surface area (Å²) in [6.45, 7) is 24.4. The molecule has 168 valence electrons. The lowest BCUT2D eigenvalue weighted by Gasteiger charge is -2.17. The summed E-state index contributed by atoms with van der Waals surface area (Å²) in [5.74, 6) is 1.56. The summed E-state index contributed by atoms with van der Waals surface area (Å²) in [7, 11) is 0. The van der Waals surface area contributed by atoms with Crippen LogP contribution in [0.4, 0.5) is 0 Å². The van der Waals surface area contributed by atoms with Gasteiger partial charge < -0.3 is 14.8 Å². The second kappa shape index (κ2) is 15.5. The fourth-order valence-corrected chi connectivity index (χ4v) is 2.30. The maximum absolute atomic E-state index is 5.80. The fourth-order valence-electron chi connectivity index (χ4n) is 2.30. The van der Waals surface area contributed by atoms with E-state index in [0.29, 0.717) is 25.0 Å². The van der Waals surface area contributed by atoms with Crippen molar-refractivity contribution < 1.29 is 9.47 Å². The van der Waals surface area contributed by atoms with Gasteiger partial charge >= 0.3 is 0 Å². The van der Waals surface area contributed by atoms with Gasteiger partial charge in [0.25, 0.3) is 0 Å². The van der Waals surface area contributed by atoms with Crippen molar-refractivity contribution >= 4 is 6.21 Å². The van der Waals surface area contributed by atoms with E-state index >= 15 is 0 Å². The highest BCUT2D eigenvalue weighted by atomic mass is 16.5. The number of rotatable bonds is 14. The predicted molar refractivity (Wildman–Crippen MR) is 132 cm³/mol. The van der Waals surface area contributed by atoms with Gasteiger partial charge in [0.1, 0.15) is 11.6 Å². The highest BCUT2D eigenvalue weighted by Gasteiger charge is 2.09. The molecule has 4 nitrogen and oxygen atoms in total. The van der Waals surface area contributed by atoms with Gasteiger partial charge in [-0.15, -0.1) is 0 Å². The Labute approximate surface area is 184 Å². The van der Waals surface area contributed by atoms with Crippen LogP contribution in [0, 0.1) is 5.41 Å². The number of nitrogens with zero attached hydrogens (tertiary/aromatic N) is 1. The Morgan fingerprint density at radius 2 is 1.70 bits per heavy atom. The highest BCUT2D eigenvalue weighted by Crippen LogP contribution is 2.14. The van der Waals surface area contributed by atoms with E-state index < -0.39 is 0 Å². The van der Waals surface area contributed by atoms with Crippen LogP contribution in [0.25, 0.3) is 0 Å². The van der Waals surface area contributed by atoms with Crippen LogP contribution >= 0.6 is 0 Å². The standard InChI is InChI=1S/C26H42N2O2/c1-10-22(23(11-2)19-27-25(13-4)28-21(5)6)15-16-24(12-3)30-18-14-17-29-20-26(7,8)9/h10-13,15-16,19,21,28H,1,3,14,17-18,20H2,2,4-9H3/b22-15+,23-11?,24-16+,25-13+,27-19-. The van der Waals surface area contributed by atoms with Gasteiger partial charge in [0.05, 0.1) is 13.2 Å². The van der Waals surface area contributed by atoms with Gasteiger partial charge in [0.15, 0.2) is 0 Å². The molecular formula is C26H42N2O2. The molecule has 0 saturated carbocycles. The molecule has 0 aliphatic rings. The normalized spacial score (nSPS) is 14.4. The van der Waals surface area contributed by atoms with Crippen LogP contribution < -0.4 is 5.32 Å². The van der Waals surface area contributed by atoms with Gasteiger partial charge in [0, 0.05) is 25.3 Å². The first-order valence-corrected chi connectivity index (χ1v) is 10.7. The number of nitrogens with one attached hydrogen (secondary N) is 1. The zero-order valence-electron chi connectivity index (χ0n) is 20.1. The van der Waals surface area contributed by atoms with E-state index in [2.05, 4.69) is 58.1 Å². The summed E-state index contributed by atoms with van der Waals surface area (Å²) in [5.41, 5.74) is 2.12.